The Bertz CT molecular complexity index is 429. The standard InChI is InChI=1S/C12H18N2O3S/c1-4-6-9-7-10(18-8(9)3)11(15)13-14-12(16)17-5-2/h7H,4-6H2,1-3H3,(H,13,15)(H,14,16). The van der Waals surface area contributed by atoms with Crippen molar-refractivity contribution in [3.05, 3.63) is 21.4 Å². The molecular formula is C12H18N2O3S. The zero-order valence-electron chi connectivity index (χ0n) is 10.8. The second-order valence-corrected chi connectivity index (χ2v) is 5.00. The van der Waals surface area contributed by atoms with Crippen molar-refractivity contribution in [1.82, 2.24) is 10.9 Å². The summed E-state index contributed by atoms with van der Waals surface area (Å²) in [6, 6.07) is 1.87. The van der Waals surface area contributed by atoms with Crippen LogP contribution in [0.3, 0.4) is 0 Å². The van der Waals surface area contributed by atoms with E-state index >= 15 is 0 Å². The lowest BCUT2D eigenvalue weighted by Gasteiger charge is -2.05. The number of ether oxygens (including phenoxy) is 1. The zero-order valence-corrected chi connectivity index (χ0v) is 11.6. The highest BCUT2D eigenvalue weighted by atomic mass is 32.1. The fourth-order valence-electron chi connectivity index (χ4n) is 1.49. The number of thiophene rings is 1. The van der Waals surface area contributed by atoms with Crippen LogP contribution in [0, 0.1) is 6.92 Å². The average Bonchev–Trinajstić information content (AvgIpc) is 2.69. The molecule has 1 rings (SSSR count). The Morgan fingerprint density at radius 3 is 2.67 bits per heavy atom. The quantitative estimate of drug-likeness (QED) is 0.826. The molecule has 2 N–H and O–H groups in total. The van der Waals surface area contributed by atoms with Gasteiger partial charge in [0.2, 0.25) is 0 Å². The molecule has 0 aliphatic heterocycles. The lowest BCUT2D eigenvalue weighted by Crippen LogP contribution is -2.41. The molecule has 0 atom stereocenters. The predicted octanol–water partition coefficient (Wildman–Crippen LogP) is 2.40. The molecule has 0 fully saturated rings. The van der Waals surface area contributed by atoms with Gasteiger partial charge in [0, 0.05) is 4.88 Å². The van der Waals surface area contributed by atoms with E-state index < -0.39 is 6.09 Å². The maximum atomic E-state index is 11.8. The predicted molar refractivity (Wildman–Crippen MR) is 70.7 cm³/mol. The van der Waals surface area contributed by atoms with Crippen LogP contribution in [0.2, 0.25) is 0 Å². The minimum absolute atomic E-state index is 0.264. The Balaban J connectivity index is 2.56. The maximum absolute atomic E-state index is 11.8. The van der Waals surface area contributed by atoms with Crippen LogP contribution in [-0.4, -0.2) is 18.6 Å². The molecule has 0 radical (unpaired) electrons. The lowest BCUT2D eigenvalue weighted by molar-refractivity contribution is 0.0916. The molecule has 2 amide bonds. The number of carbonyl (C=O) groups is 2. The summed E-state index contributed by atoms with van der Waals surface area (Å²) >= 11 is 1.42. The minimum atomic E-state index is -0.659. The Kier molecular flexibility index (Phi) is 5.64. The van der Waals surface area contributed by atoms with Crippen molar-refractivity contribution in [2.24, 2.45) is 0 Å². The molecule has 0 aliphatic carbocycles. The number of hydrogen-bond donors (Lipinski definition) is 2. The molecule has 0 spiro atoms. The molecule has 18 heavy (non-hydrogen) atoms. The van der Waals surface area contributed by atoms with E-state index in [0.717, 1.165) is 17.7 Å². The first-order valence-electron chi connectivity index (χ1n) is 5.90. The Morgan fingerprint density at radius 2 is 2.06 bits per heavy atom. The summed E-state index contributed by atoms with van der Waals surface area (Å²) in [7, 11) is 0. The number of rotatable bonds is 4. The topological polar surface area (TPSA) is 67.4 Å². The van der Waals surface area contributed by atoms with Crippen molar-refractivity contribution in [3.8, 4) is 0 Å². The molecule has 1 aromatic rings. The van der Waals surface area contributed by atoms with Gasteiger partial charge in [-0.05, 0) is 31.9 Å². The van der Waals surface area contributed by atoms with E-state index in [1.165, 1.54) is 16.9 Å². The number of hydrogen-bond acceptors (Lipinski definition) is 4. The molecular weight excluding hydrogens is 252 g/mol. The maximum Gasteiger partial charge on any atom is 0.426 e. The average molecular weight is 270 g/mol. The number of aryl methyl sites for hydroxylation is 2. The SMILES string of the molecule is CCCc1cc(C(=O)NNC(=O)OCC)sc1C. The van der Waals surface area contributed by atoms with Crippen LogP contribution in [0.25, 0.3) is 0 Å². The van der Waals surface area contributed by atoms with Crippen molar-refractivity contribution < 1.29 is 14.3 Å². The Labute approximate surface area is 110 Å². The van der Waals surface area contributed by atoms with Crippen LogP contribution >= 0.6 is 11.3 Å². The van der Waals surface area contributed by atoms with Crippen LogP contribution in [0.4, 0.5) is 4.79 Å². The highest BCUT2D eigenvalue weighted by molar-refractivity contribution is 7.14. The van der Waals surface area contributed by atoms with Gasteiger partial charge in [0.15, 0.2) is 0 Å². The minimum Gasteiger partial charge on any atom is -0.449 e. The fourth-order valence-corrected chi connectivity index (χ4v) is 2.45. The van der Waals surface area contributed by atoms with Crippen LogP contribution < -0.4 is 10.9 Å². The zero-order chi connectivity index (χ0) is 13.5. The van der Waals surface area contributed by atoms with Crippen molar-refractivity contribution in [2.45, 2.75) is 33.6 Å². The van der Waals surface area contributed by atoms with Crippen molar-refractivity contribution >= 4 is 23.3 Å². The molecule has 0 saturated carbocycles. The second-order valence-electron chi connectivity index (χ2n) is 3.74. The third-order valence-electron chi connectivity index (χ3n) is 2.32. The van der Waals surface area contributed by atoms with Crippen molar-refractivity contribution in [2.75, 3.05) is 6.61 Å². The summed E-state index contributed by atoms with van der Waals surface area (Å²) in [5.41, 5.74) is 5.69. The second kappa shape index (κ2) is 7.00. The first-order valence-corrected chi connectivity index (χ1v) is 6.72. The van der Waals surface area contributed by atoms with E-state index in [-0.39, 0.29) is 12.5 Å². The summed E-state index contributed by atoms with van der Waals surface area (Å²) in [5, 5.41) is 0. The van der Waals surface area contributed by atoms with Gasteiger partial charge in [-0.1, -0.05) is 13.3 Å². The molecule has 5 nitrogen and oxygen atoms in total. The van der Waals surface area contributed by atoms with Gasteiger partial charge < -0.3 is 4.74 Å². The number of amides is 2. The van der Waals surface area contributed by atoms with E-state index in [0.29, 0.717) is 4.88 Å². The first kappa shape index (κ1) is 14.5. The van der Waals surface area contributed by atoms with Gasteiger partial charge in [-0.3, -0.25) is 10.2 Å². The van der Waals surface area contributed by atoms with Gasteiger partial charge in [-0.25, -0.2) is 10.2 Å². The van der Waals surface area contributed by atoms with Crippen LogP contribution in [0.1, 0.15) is 40.4 Å². The molecule has 1 aromatic heterocycles. The van der Waals surface area contributed by atoms with E-state index in [2.05, 4.69) is 22.5 Å². The number of hydrazine groups is 1. The van der Waals surface area contributed by atoms with Gasteiger partial charge in [-0.2, -0.15) is 0 Å². The molecule has 0 bridgehead atoms. The van der Waals surface area contributed by atoms with E-state index in [9.17, 15) is 9.59 Å². The molecule has 0 unspecified atom stereocenters. The van der Waals surface area contributed by atoms with Gasteiger partial charge in [0.05, 0.1) is 11.5 Å². The van der Waals surface area contributed by atoms with E-state index in [4.69, 9.17) is 0 Å². The molecule has 0 aromatic carbocycles. The van der Waals surface area contributed by atoms with E-state index in [1.807, 2.05) is 13.0 Å². The highest BCUT2D eigenvalue weighted by Crippen LogP contribution is 2.22. The number of carbonyl (C=O) groups excluding carboxylic acids is 2. The number of nitrogens with one attached hydrogen (secondary N) is 2. The van der Waals surface area contributed by atoms with Crippen LogP contribution in [0.5, 0.6) is 0 Å². The Hall–Kier alpha value is -1.56. The van der Waals surface area contributed by atoms with Gasteiger partial charge >= 0.3 is 6.09 Å². The van der Waals surface area contributed by atoms with Crippen molar-refractivity contribution in [1.29, 1.82) is 0 Å². The monoisotopic (exact) mass is 270 g/mol. The first-order chi connectivity index (χ1) is 8.58. The summed E-state index contributed by atoms with van der Waals surface area (Å²) in [4.78, 5) is 24.5. The Morgan fingerprint density at radius 1 is 1.33 bits per heavy atom. The van der Waals surface area contributed by atoms with Crippen LogP contribution in [-0.2, 0) is 11.2 Å². The normalized spacial score (nSPS) is 9.94. The molecule has 100 valence electrons. The van der Waals surface area contributed by atoms with Crippen LogP contribution in [0.15, 0.2) is 6.07 Å². The molecule has 1 heterocycles. The third kappa shape index (κ3) is 4.03. The summed E-state index contributed by atoms with van der Waals surface area (Å²) in [6.07, 6.45) is 1.34. The summed E-state index contributed by atoms with van der Waals surface area (Å²) in [5.74, 6) is -0.321. The summed E-state index contributed by atoms with van der Waals surface area (Å²) < 4.78 is 4.63. The fraction of sp³-hybridized carbons (Fsp3) is 0.500. The molecule has 0 aliphatic rings. The lowest BCUT2D eigenvalue weighted by atomic mass is 10.1. The highest BCUT2D eigenvalue weighted by Gasteiger charge is 2.12. The summed E-state index contributed by atoms with van der Waals surface area (Å²) in [6.45, 7) is 6.05. The largest absolute Gasteiger partial charge is 0.449 e. The van der Waals surface area contributed by atoms with Gasteiger partial charge in [0.1, 0.15) is 0 Å². The van der Waals surface area contributed by atoms with Gasteiger partial charge in [-0.15, -0.1) is 11.3 Å². The smallest absolute Gasteiger partial charge is 0.426 e. The molecule has 6 heteroatoms. The van der Waals surface area contributed by atoms with E-state index in [1.54, 1.807) is 6.92 Å². The van der Waals surface area contributed by atoms with Gasteiger partial charge in [0.25, 0.3) is 5.91 Å². The molecule has 0 saturated heterocycles. The van der Waals surface area contributed by atoms with Crippen molar-refractivity contribution in [3.63, 3.8) is 0 Å². The third-order valence-corrected chi connectivity index (χ3v) is 3.41.